The van der Waals surface area contributed by atoms with E-state index in [1.54, 1.807) is 32.3 Å². The number of carbonyl (C=O) groups is 2. The summed E-state index contributed by atoms with van der Waals surface area (Å²) in [7, 11) is 3.26. The lowest BCUT2D eigenvalue weighted by Crippen LogP contribution is -2.27. The summed E-state index contributed by atoms with van der Waals surface area (Å²) in [4.78, 5) is 29.7. The second-order valence-electron chi connectivity index (χ2n) is 6.95. The molecule has 0 bridgehead atoms. The van der Waals surface area contributed by atoms with Crippen LogP contribution >= 0.6 is 0 Å². The molecule has 174 valence electrons. The van der Waals surface area contributed by atoms with E-state index in [1.165, 1.54) is 35.2 Å². The van der Waals surface area contributed by atoms with E-state index >= 15 is 0 Å². The third-order valence-corrected chi connectivity index (χ3v) is 4.37. The van der Waals surface area contributed by atoms with Crippen LogP contribution in [0, 0.1) is 0 Å². The highest BCUT2D eigenvalue weighted by Gasteiger charge is 2.24. The topological polar surface area (TPSA) is 86.7 Å². The molecule has 0 unspecified atom stereocenters. The zero-order valence-electron chi connectivity index (χ0n) is 18.2. The molecule has 1 aliphatic heterocycles. The average molecular weight is 460 g/mol. The Kier molecular flexibility index (Phi) is 7.60. The zero-order chi connectivity index (χ0) is 24.0. The van der Waals surface area contributed by atoms with Crippen molar-refractivity contribution in [2.24, 2.45) is 4.99 Å². The van der Waals surface area contributed by atoms with Crippen molar-refractivity contribution in [3.05, 3.63) is 59.3 Å². The predicted octanol–water partition coefficient (Wildman–Crippen LogP) is 3.50. The molecule has 1 aliphatic rings. The predicted molar refractivity (Wildman–Crippen MR) is 115 cm³/mol. The molecule has 0 saturated heterocycles. The fourth-order valence-corrected chi connectivity index (χ4v) is 2.74. The van der Waals surface area contributed by atoms with Gasteiger partial charge in [0.15, 0.2) is 23.8 Å². The van der Waals surface area contributed by atoms with Crippen LogP contribution in [-0.4, -0.2) is 56.6 Å². The number of amides is 1. The van der Waals surface area contributed by atoms with Crippen molar-refractivity contribution in [2.45, 2.75) is 13.5 Å². The molecule has 1 amide bonds. The van der Waals surface area contributed by atoms with Crippen molar-refractivity contribution >= 4 is 23.9 Å². The lowest BCUT2D eigenvalue weighted by atomic mass is 10.1. The van der Waals surface area contributed by atoms with Gasteiger partial charge in [0, 0.05) is 19.7 Å². The van der Waals surface area contributed by atoms with Crippen molar-refractivity contribution in [3.63, 3.8) is 0 Å². The first-order valence-electron chi connectivity index (χ1n) is 9.94. The maximum absolute atomic E-state index is 12.3. The SMILES string of the molecule is CCOc1cc(/C=C2\N=C(c3ccc(OC(F)F)cc3)OC2=O)ccc1OCC(=O)N(C)C. The summed E-state index contributed by atoms with van der Waals surface area (Å²) in [5.41, 5.74) is 1.08. The first-order valence-corrected chi connectivity index (χ1v) is 9.94. The van der Waals surface area contributed by atoms with Crippen molar-refractivity contribution in [3.8, 4) is 17.2 Å². The van der Waals surface area contributed by atoms with E-state index in [-0.39, 0.29) is 29.9 Å². The molecule has 3 rings (SSSR count). The Bertz CT molecular complexity index is 1080. The fourth-order valence-electron chi connectivity index (χ4n) is 2.74. The first kappa shape index (κ1) is 23.7. The van der Waals surface area contributed by atoms with Gasteiger partial charge in [0.25, 0.3) is 5.91 Å². The molecule has 2 aromatic carbocycles. The lowest BCUT2D eigenvalue weighted by molar-refractivity contribution is -0.131. The van der Waals surface area contributed by atoms with E-state index in [2.05, 4.69) is 9.73 Å². The van der Waals surface area contributed by atoms with Gasteiger partial charge in [-0.3, -0.25) is 4.79 Å². The molecule has 10 heteroatoms. The van der Waals surface area contributed by atoms with Gasteiger partial charge in [-0.1, -0.05) is 6.07 Å². The van der Waals surface area contributed by atoms with Crippen LogP contribution in [0.15, 0.2) is 53.2 Å². The monoisotopic (exact) mass is 460 g/mol. The molecule has 0 N–H and O–H groups in total. The van der Waals surface area contributed by atoms with Crippen LogP contribution in [0.1, 0.15) is 18.1 Å². The van der Waals surface area contributed by atoms with Crippen LogP contribution in [0.5, 0.6) is 17.2 Å². The van der Waals surface area contributed by atoms with Crippen molar-refractivity contribution in [1.29, 1.82) is 0 Å². The van der Waals surface area contributed by atoms with Crippen LogP contribution in [-0.2, 0) is 14.3 Å². The summed E-state index contributed by atoms with van der Waals surface area (Å²) in [6.07, 6.45) is 1.51. The van der Waals surface area contributed by atoms with Crippen molar-refractivity contribution < 1.29 is 37.3 Å². The Morgan fingerprint density at radius 1 is 1.12 bits per heavy atom. The summed E-state index contributed by atoms with van der Waals surface area (Å²) in [6.45, 7) is -0.899. The average Bonchev–Trinajstić information content (AvgIpc) is 3.13. The fraction of sp³-hybridized carbons (Fsp3) is 0.261. The molecule has 0 atom stereocenters. The van der Waals surface area contributed by atoms with Gasteiger partial charge in [-0.25, -0.2) is 9.79 Å². The summed E-state index contributed by atoms with van der Waals surface area (Å²) in [6, 6.07) is 10.5. The van der Waals surface area contributed by atoms with Crippen LogP contribution in [0.2, 0.25) is 0 Å². The number of nitrogens with zero attached hydrogens (tertiary/aromatic N) is 2. The number of likely N-dealkylation sites (N-methyl/N-ethyl adjacent to an activating group) is 1. The quantitative estimate of drug-likeness (QED) is 0.421. The van der Waals surface area contributed by atoms with Crippen molar-refractivity contribution in [1.82, 2.24) is 4.90 Å². The number of benzene rings is 2. The Hall–Kier alpha value is -3.95. The van der Waals surface area contributed by atoms with Gasteiger partial charge in [-0.2, -0.15) is 8.78 Å². The van der Waals surface area contributed by atoms with E-state index in [4.69, 9.17) is 14.2 Å². The minimum atomic E-state index is -2.93. The molecule has 0 spiro atoms. The van der Waals surface area contributed by atoms with E-state index in [0.717, 1.165) is 0 Å². The summed E-state index contributed by atoms with van der Waals surface area (Å²) >= 11 is 0. The highest BCUT2D eigenvalue weighted by molar-refractivity contribution is 6.12. The number of hydrogen-bond donors (Lipinski definition) is 0. The highest BCUT2D eigenvalue weighted by Crippen LogP contribution is 2.30. The third-order valence-electron chi connectivity index (χ3n) is 4.37. The van der Waals surface area contributed by atoms with E-state index in [9.17, 15) is 18.4 Å². The number of cyclic esters (lactones) is 1. The minimum absolute atomic E-state index is 0.0208. The Labute approximate surface area is 189 Å². The largest absolute Gasteiger partial charge is 0.490 e. The molecule has 0 saturated carbocycles. The number of carbonyl (C=O) groups excluding carboxylic acids is 2. The van der Waals surface area contributed by atoms with Gasteiger partial charge in [0.2, 0.25) is 5.90 Å². The number of alkyl halides is 2. The molecular formula is C23H22F2N2O6. The van der Waals surface area contributed by atoms with Crippen LogP contribution in [0.25, 0.3) is 6.08 Å². The Morgan fingerprint density at radius 3 is 2.48 bits per heavy atom. The highest BCUT2D eigenvalue weighted by atomic mass is 19.3. The third kappa shape index (κ3) is 6.28. The molecule has 0 aromatic heterocycles. The summed E-state index contributed by atoms with van der Waals surface area (Å²) in [5.74, 6) is -0.0441. The molecule has 8 nitrogen and oxygen atoms in total. The van der Waals surface area contributed by atoms with Gasteiger partial charge in [-0.05, 0) is 55.0 Å². The second kappa shape index (κ2) is 10.6. The van der Waals surface area contributed by atoms with Crippen LogP contribution in [0.4, 0.5) is 8.78 Å². The zero-order valence-corrected chi connectivity index (χ0v) is 18.2. The molecule has 33 heavy (non-hydrogen) atoms. The van der Waals surface area contributed by atoms with E-state index < -0.39 is 12.6 Å². The number of hydrogen-bond acceptors (Lipinski definition) is 7. The van der Waals surface area contributed by atoms with E-state index in [1.807, 2.05) is 6.92 Å². The number of esters is 1. The number of halogens is 2. The van der Waals surface area contributed by atoms with Gasteiger partial charge < -0.3 is 23.8 Å². The molecule has 0 fully saturated rings. The number of ether oxygens (including phenoxy) is 4. The maximum atomic E-state index is 12.3. The van der Waals surface area contributed by atoms with Gasteiger partial charge >= 0.3 is 12.6 Å². The molecule has 0 radical (unpaired) electrons. The smallest absolute Gasteiger partial charge is 0.387 e. The number of rotatable bonds is 9. The maximum Gasteiger partial charge on any atom is 0.387 e. The van der Waals surface area contributed by atoms with Crippen LogP contribution < -0.4 is 14.2 Å². The molecule has 1 heterocycles. The number of aliphatic imine (C=N–C) groups is 1. The molecular weight excluding hydrogens is 438 g/mol. The summed E-state index contributed by atoms with van der Waals surface area (Å²) in [5, 5.41) is 0. The van der Waals surface area contributed by atoms with Crippen LogP contribution in [0.3, 0.4) is 0 Å². The van der Waals surface area contributed by atoms with Crippen molar-refractivity contribution in [2.75, 3.05) is 27.3 Å². The summed E-state index contributed by atoms with van der Waals surface area (Å²) < 4.78 is 45.2. The van der Waals surface area contributed by atoms with Gasteiger partial charge in [0.05, 0.1) is 6.61 Å². The normalized spacial score (nSPS) is 14.2. The first-order chi connectivity index (χ1) is 15.8. The molecule has 2 aromatic rings. The van der Waals surface area contributed by atoms with Gasteiger partial charge in [-0.15, -0.1) is 0 Å². The second-order valence-corrected chi connectivity index (χ2v) is 6.95. The standard InChI is InChI=1S/C23H22F2N2O6/c1-4-30-19-12-14(5-10-18(19)31-13-20(28)27(2)3)11-17-22(29)33-21(26-17)15-6-8-16(9-7-15)32-23(24)25/h5-12,23H,4,13H2,1-3H3/b17-11-. The Morgan fingerprint density at radius 2 is 1.85 bits per heavy atom. The van der Waals surface area contributed by atoms with E-state index in [0.29, 0.717) is 29.2 Å². The lowest BCUT2D eigenvalue weighted by Gasteiger charge is -2.14. The Balaban J connectivity index is 1.79. The minimum Gasteiger partial charge on any atom is -0.490 e. The molecule has 0 aliphatic carbocycles. The van der Waals surface area contributed by atoms with Gasteiger partial charge in [0.1, 0.15) is 5.75 Å².